The molecule has 1 amide bonds. The molecule has 0 aromatic rings. The number of nitrogens with zero attached hydrogens (tertiary/aromatic N) is 2. The first-order valence-electron chi connectivity index (χ1n) is 15.9. The predicted octanol–water partition coefficient (Wildman–Crippen LogP) is 3.60. The van der Waals surface area contributed by atoms with Crippen LogP contribution in [0, 0.1) is 23.7 Å². The van der Waals surface area contributed by atoms with Crippen LogP contribution in [0.5, 0.6) is 0 Å². The van der Waals surface area contributed by atoms with Crippen molar-refractivity contribution >= 4 is 23.3 Å². The predicted molar refractivity (Wildman–Crippen MR) is 158 cm³/mol. The number of hydrogen-bond donors (Lipinski definition) is 4. The third kappa shape index (κ3) is 6.95. The average Bonchev–Trinajstić information content (AvgIpc) is 3.27. The maximum Gasteiger partial charge on any atom is 0.227 e. The highest BCUT2D eigenvalue weighted by Crippen LogP contribution is 2.45. The van der Waals surface area contributed by atoms with E-state index in [0.29, 0.717) is 36.9 Å². The Morgan fingerprint density at radius 1 is 1.02 bits per heavy atom. The second-order valence-corrected chi connectivity index (χ2v) is 13.4. The van der Waals surface area contributed by atoms with Crippen molar-refractivity contribution < 1.29 is 19.8 Å². The molecule has 9 unspecified atom stereocenters. The fraction of sp³-hybridized carbons (Fsp3) is 0.871. The van der Waals surface area contributed by atoms with Crippen molar-refractivity contribution in [1.29, 1.82) is 0 Å². The summed E-state index contributed by atoms with van der Waals surface area (Å²) in [4.78, 5) is 25.5. The first-order chi connectivity index (χ1) is 19.2. The number of rotatable bonds is 7. The minimum Gasteiger partial charge on any atom is -0.391 e. The average molecular weight is 581 g/mol. The van der Waals surface area contributed by atoms with E-state index in [4.69, 9.17) is 11.6 Å². The number of hydrogen-bond acceptors (Lipinski definition) is 7. The molecule has 3 heterocycles. The van der Waals surface area contributed by atoms with Crippen LogP contribution in [0.2, 0.25) is 0 Å². The molecule has 5 rings (SSSR count). The molecule has 40 heavy (non-hydrogen) atoms. The van der Waals surface area contributed by atoms with E-state index in [-0.39, 0.29) is 35.8 Å². The molecular formula is C31H53ClN4O4. The SMILES string of the molecule is C=CC(C)=O.CCCC1NN(C2CCC(C3CCC3)CC2O)C2CCN(C(=O)C3CNC(Cl)C(O)C3)[C@@H](CC)C12. The van der Waals surface area contributed by atoms with E-state index in [1.165, 1.54) is 38.7 Å². The molecule has 2 aliphatic carbocycles. The van der Waals surface area contributed by atoms with Gasteiger partial charge in [-0.1, -0.05) is 46.1 Å². The molecule has 3 saturated heterocycles. The standard InChI is InChI=1S/C27H47ClN4O3.C4H6O/c1-3-6-19-25-20(4-2)31(27(35)18-14-24(34)26(28)29-15-18)12-11-22(25)32(30-19)21-10-9-17(13-23(21)33)16-7-5-8-16;1-3-4(2)5/h16-26,29-30,33-34H,3-15H2,1-2H3;3H,1H2,2H3/t17?,18?,19?,20-,21?,22?,23?,24?,25?,26?;/m0./s1. The largest absolute Gasteiger partial charge is 0.391 e. The molecule has 0 radical (unpaired) electrons. The van der Waals surface area contributed by atoms with Gasteiger partial charge in [0, 0.05) is 37.1 Å². The van der Waals surface area contributed by atoms with E-state index >= 15 is 0 Å². The summed E-state index contributed by atoms with van der Waals surface area (Å²) < 4.78 is 0. The quantitative estimate of drug-likeness (QED) is 0.207. The maximum absolute atomic E-state index is 13.7. The highest BCUT2D eigenvalue weighted by atomic mass is 35.5. The van der Waals surface area contributed by atoms with Gasteiger partial charge in [-0.05, 0) is 69.8 Å². The molecule has 0 spiro atoms. The number of fused-ring (bicyclic) bond motifs is 1. The fourth-order valence-corrected chi connectivity index (χ4v) is 8.33. The second kappa shape index (κ2) is 14.4. The number of ketones is 1. The molecule has 2 saturated carbocycles. The monoisotopic (exact) mass is 580 g/mol. The van der Waals surface area contributed by atoms with Gasteiger partial charge < -0.3 is 15.1 Å². The number of nitrogens with one attached hydrogen (secondary N) is 2. The highest BCUT2D eigenvalue weighted by molar-refractivity contribution is 6.20. The lowest BCUT2D eigenvalue weighted by Gasteiger charge is -2.49. The van der Waals surface area contributed by atoms with Gasteiger partial charge in [0.1, 0.15) is 5.50 Å². The van der Waals surface area contributed by atoms with E-state index in [1.807, 2.05) is 0 Å². The summed E-state index contributed by atoms with van der Waals surface area (Å²) in [5.74, 6) is 1.89. The van der Waals surface area contributed by atoms with Crippen molar-refractivity contribution in [2.24, 2.45) is 23.7 Å². The van der Waals surface area contributed by atoms with Gasteiger partial charge in [-0.15, -0.1) is 11.6 Å². The van der Waals surface area contributed by atoms with Crippen LogP contribution in [0.15, 0.2) is 12.7 Å². The van der Waals surface area contributed by atoms with Gasteiger partial charge in [-0.2, -0.15) is 0 Å². The van der Waals surface area contributed by atoms with Crippen LogP contribution in [0.1, 0.15) is 91.4 Å². The molecule has 9 heteroatoms. The lowest BCUT2D eigenvalue weighted by Crippen LogP contribution is -2.60. The van der Waals surface area contributed by atoms with Gasteiger partial charge in [0.15, 0.2) is 5.78 Å². The van der Waals surface area contributed by atoms with Gasteiger partial charge in [-0.3, -0.25) is 20.3 Å². The number of halogens is 1. The van der Waals surface area contributed by atoms with E-state index < -0.39 is 11.6 Å². The Kier molecular flexibility index (Phi) is 11.5. The molecule has 0 aromatic heterocycles. The Morgan fingerprint density at radius 3 is 2.30 bits per heavy atom. The summed E-state index contributed by atoms with van der Waals surface area (Å²) in [5, 5.41) is 27.1. The normalized spacial score (nSPS) is 40.4. The van der Waals surface area contributed by atoms with Crippen molar-refractivity contribution in [2.75, 3.05) is 13.1 Å². The first-order valence-corrected chi connectivity index (χ1v) is 16.3. The molecule has 0 aromatic carbocycles. The summed E-state index contributed by atoms with van der Waals surface area (Å²) >= 11 is 6.12. The third-order valence-electron chi connectivity index (χ3n) is 10.4. The van der Waals surface area contributed by atoms with Crippen molar-refractivity contribution in [3.63, 3.8) is 0 Å². The Balaban J connectivity index is 0.000000681. The number of carbonyl (C=O) groups is 2. The van der Waals surface area contributed by atoms with Crippen LogP contribution >= 0.6 is 11.6 Å². The fourth-order valence-electron chi connectivity index (χ4n) is 8.14. The second-order valence-electron chi connectivity index (χ2n) is 12.9. The Morgan fingerprint density at radius 2 is 1.75 bits per heavy atom. The van der Waals surface area contributed by atoms with Crippen LogP contribution in [0.3, 0.4) is 0 Å². The molecule has 5 fully saturated rings. The third-order valence-corrected chi connectivity index (χ3v) is 10.9. The number of alkyl halides is 1. The first kappa shape index (κ1) is 31.9. The molecule has 0 bridgehead atoms. The molecule has 3 aliphatic heterocycles. The number of carbonyl (C=O) groups excluding carboxylic acids is 2. The Labute approximate surface area is 246 Å². The van der Waals surface area contributed by atoms with Crippen LogP contribution in [0.4, 0.5) is 0 Å². The van der Waals surface area contributed by atoms with E-state index in [9.17, 15) is 19.8 Å². The minimum absolute atomic E-state index is 0.0185. The topological polar surface area (TPSA) is 105 Å². The number of piperidine rings is 2. The number of allylic oxidation sites excluding steroid dienone is 1. The van der Waals surface area contributed by atoms with Crippen molar-refractivity contribution in [3.8, 4) is 0 Å². The highest BCUT2D eigenvalue weighted by Gasteiger charge is 2.53. The lowest BCUT2D eigenvalue weighted by molar-refractivity contribution is -0.144. The summed E-state index contributed by atoms with van der Waals surface area (Å²) in [6.07, 6.45) is 12.2. The molecule has 5 aliphatic rings. The molecule has 8 nitrogen and oxygen atoms in total. The number of aliphatic hydroxyl groups is 2. The van der Waals surface area contributed by atoms with E-state index in [0.717, 1.165) is 51.0 Å². The summed E-state index contributed by atoms with van der Waals surface area (Å²) in [6, 6.07) is 1.07. The molecule has 228 valence electrons. The van der Waals surface area contributed by atoms with Crippen LogP contribution in [0.25, 0.3) is 0 Å². The van der Waals surface area contributed by atoms with E-state index in [1.54, 1.807) is 0 Å². The van der Waals surface area contributed by atoms with Crippen LogP contribution < -0.4 is 10.7 Å². The number of aliphatic hydroxyl groups excluding tert-OH is 2. The Bertz CT molecular complexity index is 872. The van der Waals surface area contributed by atoms with Gasteiger partial charge in [0.05, 0.1) is 24.2 Å². The Hall–Kier alpha value is -1.03. The van der Waals surface area contributed by atoms with Crippen LogP contribution in [-0.2, 0) is 9.59 Å². The van der Waals surface area contributed by atoms with Crippen molar-refractivity contribution in [2.45, 2.75) is 133 Å². The number of hydrazine groups is 1. The molecule has 4 N–H and O–H groups in total. The zero-order valence-electron chi connectivity index (χ0n) is 24.8. The van der Waals surface area contributed by atoms with Gasteiger partial charge in [0.25, 0.3) is 0 Å². The zero-order chi connectivity index (χ0) is 29.0. The molecule has 10 atom stereocenters. The van der Waals surface area contributed by atoms with Crippen LogP contribution in [-0.4, -0.2) is 86.8 Å². The number of likely N-dealkylation sites (tertiary alicyclic amines) is 1. The lowest BCUT2D eigenvalue weighted by atomic mass is 9.68. The van der Waals surface area contributed by atoms with Gasteiger partial charge >= 0.3 is 0 Å². The van der Waals surface area contributed by atoms with Gasteiger partial charge in [0.2, 0.25) is 5.91 Å². The van der Waals surface area contributed by atoms with Crippen molar-refractivity contribution in [1.82, 2.24) is 20.7 Å². The zero-order valence-corrected chi connectivity index (χ0v) is 25.6. The number of amides is 1. The minimum atomic E-state index is -0.690. The smallest absolute Gasteiger partial charge is 0.227 e. The van der Waals surface area contributed by atoms with Gasteiger partial charge in [-0.25, -0.2) is 5.01 Å². The summed E-state index contributed by atoms with van der Waals surface area (Å²) in [6.45, 7) is 10.4. The van der Waals surface area contributed by atoms with Crippen molar-refractivity contribution in [3.05, 3.63) is 12.7 Å². The summed E-state index contributed by atoms with van der Waals surface area (Å²) in [5.41, 5.74) is 3.41. The maximum atomic E-state index is 13.7. The molecular weight excluding hydrogens is 528 g/mol. The van der Waals surface area contributed by atoms with E-state index in [2.05, 4.69) is 41.1 Å². The summed E-state index contributed by atoms with van der Waals surface area (Å²) in [7, 11) is 0.